The minimum absolute atomic E-state index is 0.533. The molecular weight excluding hydrogens is 246 g/mol. The summed E-state index contributed by atoms with van der Waals surface area (Å²) in [4.78, 5) is 8.48. The SMILES string of the molecule is NCc1ccc(Oc2nc3ncccc3s2)cc1. The molecule has 0 saturated carbocycles. The standard InChI is InChI=1S/C13H11N3OS/c14-8-9-3-5-10(6-4-9)17-13-16-12-11(18-13)2-1-7-15-12/h1-7H,8,14H2. The summed E-state index contributed by atoms with van der Waals surface area (Å²) >= 11 is 1.48. The normalized spacial score (nSPS) is 10.7. The van der Waals surface area contributed by atoms with Crippen molar-refractivity contribution in [3.8, 4) is 10.9 Å². The van der Waals surface area contributed by atoms with Gasteiger partial charge in [-0.2, -0.15) is 4.98 Å². The first kappa shape index (κ1) is 11.1. The molecule has 0 bridgehead atoms. The second-order valence-corrected chi connectivity index (χ2v) is 4.75. The molecule has 0 amide bonds. The Bertz CT molecular complexity index is 630. The molecule has 0 atom stereocenters. The summed E-state index contributed by atoms with van der Waals surface area (Å²) in [5.74, 6) is 0.756. The molecule has 2 heterocycles. The molecule has 0 unspecified atom stereocenters. The van der Waals surface area contributed by atoms with Gasteiger partial charge in [0.15, 0.2) is 5.65 Å². The summed E-state index contributed by atoms with van der Waals surface area (Å²) in [5, 5.41) is 0.601. The van der Waals surface area contributed by atoms with Crippen LogP contribution in [0.1, 0.15) is 5.56 Å². The molecule has 0 fully saturated rings. The van der Waals surface area contributed by atoms with Gasteiger partial charge in [-0.3, -0.25) is 0 Å². The first-order chi connectivity index (χ1) is 8.85. The van der Waals surface area contributed by atoms with Crippen LogP contribution in [0.25, 0.3) is 10.3 Å². The highest BCUT2D eigenvalue weighted by atomic mass is 32.1. The highest BCUT2D eigenvalue weighted by molar-refractivity contribution is 7.20. The molecule has 3 rings (SSSR count). The molecule has 0 radical (unpaired) electrons. The van der Waals surface area contributed by atoms with Crippen molar-refractivity contribution in [2.45, 2.75) is 6.54 Å². The third kappa shape index (κ3) is 2.18. The molecule has 0 aliphatic rings. The number of fused-ring (bicyclic) bond motifs is 1. The fourth-order valence-corrected chi connectivity index (χ4v) is 2.38. The van der Waals surface area contributed by atoms with E-state index in [9.17, 15) is 0 Å². The van der Waals surface area contributed by atoms with E-state index in [0.717, 1.165) is 21.7 Å². The summed E-state index contributed by atoms with van der Waals surface area (Å²) in [6.45, 7) is 0.533. The second-order valence-electron chi connectivity index (χ2n) is 3.76. The summed E-state index contributed by atoms with van der Waals surface area (Å²) in [7, 11) is 0. The Morgan fingerprint density at radius 2 is 2.00 bits per heavy atom. The molecule has 3 aromatic rings. The van der Waals surface area contributed by atoms with Gasteiger partial charge in [-0.1, -0.05) is 23.5 Å². The summed E-state index contributed by atoms with van der Waals surface area (Å²) < 4.78 is 6.71. The molecule has 0 saturated heterocycles. The Balaban J connectivity index is 1.86. The highest BCUT2D eigenvalue weighted by Crippen LogP contribution is 2.30. The van der Waals surface area contributed by atoms with Gasteiger partial charge in [0.05, 0.1) is 4.70 Å². The molecule has 0 aliphatic carbocycles. The molecular formula is C13H11N3OS. The van der Waals surface area contributed by atoms with Crippen LogP contribution in [0.3, 0.4) is 0 Å². The van der Waals surface area contributed by atoms with Gasteiger partial charge < -0.3 is 10.5 Å². The average Bonchev–Trinajstić information content (AvgIpc) is 2.82. The molecule has 1 aromatic carbocycles. The zero-order valence-electron chi connectivity index (χ0n) is 9.54. The minimum atomic E-state index is 0.533. The van der Waals surface area contributed by atoms with E-state index in [2.05, 4.69) is 9.97 Å². The largest absolute Gasteiger partial charge is 0.431 e. The van der Waals surface area contributed by atoms with Crippen LogP contribution in [-0.4, -0.2) is 9.97 Å². The van der Waals surface area contributed by atoms with Gasteiger partial charge in [-0.25, -0.2) is 4.98 Å². The fourth-order valence-electron chi connectivity index (χ4n) is 1.59. The quantitative estimate of drug-likeness (QED) is 0.783. The number of pyridine rings is 1. The van der Waals surface area contributed by atoms with Crippen molar-refractivity contribution in [2.24, 2.45) is 5.73 Å². The lowest BCUT2D eigenvalue weighted by molar-refractivity contribution is 0.479. The first-order valence-corrected chi connectivity index (χ1v) is 6.35. The van der Waals surface area contributed by atoms with Gasteiger partial charge in [-0.05, 0) is 29.8 Å². The van der Waals surface area contributed by atoms with Crippen LogP contribution >= 0.6 is 11.3 Å². The zero-order valence-corrected chi connectivity index (χ0v) is 10.4. The lowest BCUT2D eigenvalue weighted by Crippen LogP contribution is -1.95. The Hall–Kier alpha value is -1.98. The zero-order chi connectivity index (χ0) is 12.4. The molecule has 0 aliphatic heterocycles. The Labute approximate surface area is 108 Å². The van der Waals surface area contributed by atoms with Crippen LogP contribution in [0, 0.1) is 0 Å². The van der Waals surface area contributed by atoms with Gasteiger partial charge in [0.2, 0.25) is 0 Å². The van der Waals surface area contributed by atoms with Crippen LogP contribution in [0.2, 0.25) is 0 Å². The Morgan fingerprint density at radius 3 is 2.72 bits per heavy atom. The van der Waals surface area contributed by atoms with E-state index in [0.29, 0.717) is 11.7 Å². The number of aromatic nitrogens is 2. The Kier molecular flexibility index (Phi) is 2.92. The second kappa shape index (κ2) is 4.72. The van der Waals surface area contributed by atoms with Crippen molar-refractivity contribution >= 4 is 21.7 Å². The van der Waals surface area contributed by atoms with Crippen LogP contribution in [0.4, 0.5) is 0 Å². The van der Waals surface area contributed by atoms with Crippen molar-refractivity contribution in [2.75, 3.05) is 0 Å². The smallest absolute Gasteiger partial charge is 0.281 e. The predicted octanol–water partition coefficient (Wildman–Crippen LogP) is 2.94. The summed E-state index contributed by atoms with van der Waals surface area (Å²) in [6, 6.07) is 11.5. The van der Waals surface area contributed by atoms with Gasteiger partial charge in [0.1, 0.15) is 5.75 Å². The molecule has 0 spiro atoms. The predicted molar refractivity (Wildman–Crippen MR) is 71.8 cm³/mol. The molecule has 90 valence electrons. The van der Waals surface area contributed by atoms with Crippen LogP contribution in [0.15, 0.2) is 42.6 Å². The third-order valence-corrected chi connectivity index (χ3v) is 3.40. The highest BCUT2D eigenvalue weighted by Gasteiger charge is 2.06. The van der Waals surface area contributed by atoms with Crippen LogP contribution < -0.4 is 10.5 Å². The van der Waals surface area contributed by atoms with E-state index < -0.39 is 0 Å². The van der Waals surface area contributed by atoms with E-state index in [1.54, 1.807) is 6.20 Å². The number of hydrogen-bond donors (Lipinski definition) is 1. The van der Waals surface area contributed by atoms with Crippen molar-refractivity contribution < 1.29 is 4.74 Å². The third-order valence-electron chi connectivity index (χ3n) is 2.51. The fraction of sp³-hybridized carbons (Fsp3) is 0.0769. The molecule has 2 aromatic heterocycles. The summed E-state index contributed by atoms with van der Waals surface area (Å²) in [5.41, 5.74) is 7.34. The first-order valence-electron chi connectivity index (χ1n) is 5.53. The van der Waals surface area contributed by atoms with Crippen molar-refractivity contribution in [1.82, 2.24) is 9.97 Å². The molecule has 18 heavy (non-hydrogen) atoms. The number of nitrogens with zero attached hydrogens (tertiary/aromatic N) is 2. The van der Waals surface area contributed by atoms with E-state index in [4.69, 9.17) is 10.5 Å². The van der Waals surface area contributed by atoms with Gasteiger partial charge >= 0.3 is 0 Å². The number of hydrogen-bond acceptors (Lipinski definition) is 5. The lowest BCUT2D eigenvalue weighted by atomic mass is 10.2. The van der Waals surface area contributed by atoms with Gasteiger partial charge in [0.25, 0.3) is 5.19 Å². The van der Waals surface area contributed by atoms with E-state index in [1.165, 1.54) is 11.3 Å². The number of rotatable bonds is 3. The number of ether oxygens (including phenoxy) is 1. The van der Waals surface area contributed by atoms with Gasteiger partial charge in [-0.15, -0.1) is 0 Å². The topological polar surface area (TPSA) is 61.0 Å². The van der Waals surface area contributed by atoms with Crippen molar-refractivity contribution in [3.05, 3.63) is 48.2 Å². The van der Waals surface area contributed by atoms with E-state index in [1.807, 2.05) is 36.4 Å². The maximum Gasteiger partial charge on any atom is 0.281 e. The maximum atomic E-state index is 5.69. The molecule has 4 nitrogen and oxygen atoms in total. The van der Waals surface area contributed by atoms with E-state index in [-0.39, 0.29) is 0 Å². The Morgan fingerprint density at radius 1 is 1.17 bits per heavy atom. The number of thiazole rings is 1. The lowest BCUT2D eigenvalue weighted by Gasteiger charge is -2.01. The van der Waals surface area contributed by atoms with Crippen molar-refractivity contribution in [3.63, 3.8) is 0 Å². The van der Waals surface area contributed by atoms with Crippen LogP contribution in [0.5, 0.6) is 10.9 Å². The maximum absolute atomic E-state index is 5.69. The summed E-state index contributed by atoms with van der Waals surface area (Å²) in [6.07, 6.45) is 1.72. The van der Waals surface area contributed by atoms with Gasteiger partial charge in [0, 0.05) is 12.7 Å². The van der Waals surface area contributed by atoms with E-state index >= 15 is 0 Å². The number of nitrogens with two attached hydrogens (primary N) is 1. The minimum Gasteiger partial charge on any atom is -0.431 e. The van der Waals surface area contributed by atoms with Crippen LogP contribution in [-0.2, 0) is 6.54 Å². The molecule has 2 N–H and O–H groups in total. The number of benzene rings is 1. The molecule has 5 heteroatoms. The van der Waals surface area contributed by atoms with Crippen molar-refractivity contribution in [1.29, 1.82) is 0 Å². The average molecular weight is 257 g/mol. The monoisotopic (exact) mass is 257 g/mol.